The van der Waals surface area contributed by atoms with E-state index in [1.54, 1.807) is 4.90 Å². The lowest BCUT2D eigenvalue weighted by Crippen LogP contribution is -2.55. The van der Waals surface area contributed by atoms with E-state index in [0.717, 1.165) is 18.6 Å². The van der Waals surface area contributed by atoms with Gasteiger partial charge < -0.3 is 15.5 Å². The van der Waals surface area contributed by atoms with Gasteiger partial charge in [0.05, 0.1) is 11.6 Å². The van der Waals surface area contributed by atoms with E-state index in [0.29, 0.717) is 32.2 Å². The molecule has 2 atom stereocenters. The molecule has 1 aliphatic heterocycles. The average Bonchev–Trinajstić information content (AvgIpc) is 2.59. The summed E-state index contributed by atoms with van der Waals surface area (Å²) in [6, 6.07) is 2.34. The number of piperazine rings is 1. The second kappa shape index (κ2) is 7.70. The minimum Gasteiger partial charge on any atom is -0.338 e. The van der Waals surface area contributed by atoms with E-state index < -0.39 is 23.6 Å². The van der Waals surface area contributed by atoms with Crippen molar-refractivity contribution in [2.24, 2.45) is 11.7 Å². The number of benzene rings is 1. The third-order valence-corrected chi connectivity index (χ3v) is 4.58. The van der Waals surface area contributed by atoms with Crippen LogP contribution in [0.25, 0.3) is 0 Å². The highest BCUT2D eigenvalue weighted by Gasteiger charge is 2.30. The Hall–Kier alpha value is -2.02. The summed E-state index contributed by atoms with van der Waals surface area (Å²) in [7, 11) is 0. The van der Waals surface area contributed by atoms with E-state index in [2.05, 4.69) is 0 Å². The van der Waals surface area contributed by atoms with Gasteiger partial charge in [-0.15, -0.1) is 0 Å². The number of amides is 2. The lowest BCUT2D eigenvalue weighted by molar-refractivity contribution is -0.135. The summed E-state index contributed by atoms with van der Waals surface area (Å²) in [6.45, 7) is 5.23. The summed E-state index contributed by atoms with van der Waals surface area (Å²) in [5.41, 5.74) is 5.81. The van der Waals surface area contributed by atoms with Gasteiger partial charge in [0.25, 0.3) is 5.91 Å². The smallest absolute Gasteiger partial charge is 0.256 e. The number of hydrogen-bond acceptors (Lipinski definition) is 3. The Balaban J connectivity index is 1.97. The molecule has 2 N–H and O–H groups in total. The summed E-state index contributed by atoms with van der Waals surface area (Å²) >= 11 is 0. The molecule has 1 fully saturated rings. The molecule has 5 nitrogen and oxygen atoms in total. The van der Waals surface area contributed by atoms with Crippen molar-refractivity contribution in [3.63, 3.8) is 0 Å². The van der Waals surface area contributed by atoms with Gasteiger partial charge in [0.15, 0.2) is 0 Å². The number of carbonyl (C=O) groups is 2. The van der Waals surface area contributed by atoms with Gasteiger partial charge in [-0.2, -0.15) is 0 Å². The molecule has 1 aromatic rings. The maximum atomic E-state index is 13.7. The minimum atomic E-state index is -0.878. The van der Waals surface area contributed by atoms with Crippen LogP contribution >= 0.6 is 0 Å². The Morgan fingerprint density at radius 3 is 2.29 bits per heavy atom. The third kappa shape index (κ3) is 3.90. The van der Waals surface area contributed by atoms with Crippen molar-refractivity contribution in [2.75, 3.05) is 26.2 Å². The van der Waals surface area contributed by atoms with Crippen LogP contribution in [0.2, 0.25) is 0 Å². The molecule has 1 aliphatic rings. The lowest BCUT2D eigenvalue weighted by Gasteiger charge is -2.36. The van der Waals surface area contributed by atoms with Crippen LogP contribution in [0.5, 0.6) is 0 Å². The van der Waals surface area contributed by atoms with Crippen LogP contribution in [0.15, 0.2) is 18.2 Å². The molecule has 1 aromatic carbocycles. The van der Waals surface area contributed by atoms with E-state index in [-0.39, 0.29) is 17.4 Å². The van der Waals surface area contributed by atoms with Crippen molar-refractivity contribution in [1.29, 1.82) is 0 Å². The second-order valence-electron chi connectivity index (χ2n) is 6.15. The van der Waals surface area contributed by atoms with Crippen molar-refractivity contribution in [2.45, 2.75) is 26.3 Å². The number of nitrogens with zero attached hydrogens (tertiary/aromatic N) is 2. The van der Waals surface area contributed by atoms with E-state index >= 15 is 0 Å². The van der Waals surface area contributed by atoms with E-state index in [1.165, 1.54) is 4.90 Å². The molecular weight excluding hydrogens is 316 g/mol. The standard InChI is InChI=1S/C17H23F2N3O2/c1-3-11(2)15(20)17(24)22-8-6-21(7-9-22)16(23)13-5-4-12(18)10-14(13)19/h4-5,10-11,15H,3,6-9,20H2,1-2H3. The zero-order valence-electron chi connectivity index (χ0n) is 14.0. The topological polar surface area (TPSA) is 66.6 Å². The van der Waals surface area contributed by atoms with E-state index in [9.17, 15) is 18.4 Å². The first-order chi connectivity index (χ1) is 11.3. The van der Waals surface area contributed by atoms with Crippen molar-refractivity contribution >= 4 is 11.8 Å². The Kier molecular flexibility index (Phi) is 5.88. The predicted octanol–water partition coefficient (Wildman–Crippen LogP) is 1.62. The molecule has 1 heterocycles. The Morgan fingerprint density at radius 2 is 1.75 bits per heavy atom. The first-order valence-corrected chi connectivity index (χ1v) is 8.13. The summed E-state index contributed by atoms with van der Waals surface area (Å²) in [6.07, 6.45) is 0.815. The molecule has 2 rings (SSSR count). The fraction of sp³-hybridized carbons (Fsp3) is 0.529. The largest absolute Gasteiger partial charge is 0.338 e. The number of halogens is 2. The van der Waals surface area contributed by atoms with Gasteiger partial charge in [0, 0.05) is 32.2 Å². The highest BCUT2D eigenvalue weighted by Crippen LogP contribution is 2.15. The van der Waals surface area contributed by atoms with Crippen molar-refractivity contribution in [3.05, 3.63) is 35.4 Å². The van der Waals surface area contributed by atoms with Crippen LogP contribution in [-0.2, 0) is 4.79 Å². The average molecular weight is 339 g/mol. The van der Waals surface area contributed by atoms with Gasteiger partial charge in [-0.3, -0.25) is 9.59 Å². The van der Waals surface area contributed by atoms with Crippen LogP contribution in [-0.4, -0.2) is 53.8 Å². The van der Waals surface area contributed by atoms with Crippen LogP contribution in [0, 0.1) is 17.6 Å². The quantitative estimate of drug-likeness (QED) is 0.906. The maximum absolute atomic E-state index is 13.7. The van der Waals surface area contributed by atoms with Gasteiger partial charge >= 0.3 is 0 Å². The monoisotopic (exact) mass is 339 g/mol. The highest BCUT2D eigenvalue weighted by atomic mass is 19.1. The fourth-order valence-electron chi connectivity index (χ4n) is 2.67. The Morgan fingerprint density at radius 1 is 1.17 bits per heavy atom. The summed E-state index contributed by atoms with van der Waals surface area (Å²) in [5, 5.41) is 0. The number of nitrogens with two attached hydrogens (primary N) is 1. The second-order valence-corrected chi connectivity index (χ2v) is 6.15. The molecular formula is C17H23F2N3O2. The normalized spacial score (nSPS) is 17.5. The van der Waals surface area contributed by atoms with E-state index in [4.69, 9.17) is 5.73 Å². The van der Waals surface area contributed by atoms with Gasteiger partial charge in [0.1, 0.15) is 11.6 Å². The number of hydrogen-bond donors (Lipinski definition) is 1. The van der Waals surface area contributed by atoms with Gasteiger partial charge in [-0.05, 0) is 18.1 Å². The summed E-state index contributed by atoms with van der Waals surface area (Å²) in [5.74, 6) is -2.13. The van der Waals surface area contributed by atoms with Crippen LogP contribution in [0.3, 0.4) is 0 Å². The molecule has 0 bridgehead atoms. The lowest BCUT2D eigenvalue weighted by atomic mass is 9.98. The molecule has 2 unspecified atom stereocenters. The zero-order valence-corrected chi connectivity index (χ0v) is 14.0. The van der Waals surface area contributed by atoms with Crippen molar-refractivity contribution < 1.29 is 18.4 Å². The summed E-state index contributed by atoms with van der Waals surface area (Å²) < 4.78 is 26.7. The first-order valence-electron chi connectivity index (χ1n) is 8.13. The Bertz CT molecular complexity index is 616. The van der Waals surface area contributed by atoms with Gasteiger partial charge in [-0.25, -0.2) is 8.78 Å². The number of rotatable bonds is 4. The molecule has 0 spiro atoms. The summed E-state index contributed by atoms with van der Waals surface area (Å²) in [4.78, 5) is 27.8. The fourth-order valence-corrected chi connectivity index (χ4v) is 2.67. The predicted molar refractivity (Wildman–Crippen MR) is 86.3 cm³/mol. The van der Waals surface area contributed by atoms with Gasteiger partial charge in [0.2, 0.25) is 5.91 Å². The number of carbonyl (C=O) groups excluding carboxylic acids is 2. The molecule has 0 aromatic heterocycles. The molecule has 132 valence electrons. The Labute approximate surface area is 140 Å². The highest BCUT2D eigenvalue weighted by molar-refractivity contribution is 5.94. The van der Waals surface area contributed by atoms with Crippen LogP contribution in [0.4, 0.5) is 8.78 Å². The first kappa shape index (κ1) is 18.3. The minimum absolute atomic E-state index is 0.0884. The molecule has 0 radical (unpaired) electrons. The van der Waals surface area contributed by atoms with Crippen LogP contribution in [0.1, 0.15) is 30.6 Å². The molecule has 1 saturated heterocycles. The molecule has 24 heavy (non-hydrogen) atoms. The van der Waals surface area contributed by atoms with Crippen molar-refractivity contribution in [1.82, 2.24) is 9.80 Å². The third-order valence-electron chi connectivity index (χ3n) is 4.58. The zero-order chi connectivity index (χ0) is 17.9. The molecule has 7 heteroatoms. The van der Waals surface area contributed by atoms with Gasteiger partial charge in [-0.1, -0.05) is 20.3 Å². The molecule has 2 amide bonds. The van der Waals surface area contributed by atoms with Crippen LogP contribution < -0.4 is 5.73 Å². The molecule has 0 saturated carbocycles. The van der Waals surface area contributed by atoms with Crippen molar-refractivity contribution in [3.8, 4) is 0 Å². The van der Waals surface area contributed by atoms with E-state index in [1.807, 2.05) is 13.8 Å². The molecule has 0 aliphatic carbocycles. The maximum Gasteiger partial charge on any atom is 0.256 e. The SMILES string of the molecule is CCC(C)C(N)C(=O)N1CCN(C(=O)c2ccc(F)cc2F)CC1.